The normalized spacial score (nSPS) is 10.2. The molecule has 0 radical (unpaired) electrons. The Balaban J connectivity index is 2.69. The number of carbonyl (C=O) groups is 2. The highest BCUT2D eigenvalue weighted by atomic mass is 32.1. The maximum Gasteiger partial charge on any atom is 0.347 e. The fourth-order valence-electron chi connectivity index (χ4n) is 0.681. The molecule has 1 heterocycles. The molecule has 0 aromatic carbocycles. The van der Waals surface area contributed by atoms with E-state index in [0.717, 1.165) is 11.3 Å². The predicted octanol–water partition coefficient (Wildman–Crippen LogP) is 1.44. The van der Waals surface area contributed by atoms with Crippen molar-refractivity contribution in [3.8, 4) is 0 Å². The van der Waals surface area contributed by atoms with Crippen LogP contribution >= 0.6 is 11.3 Å². The van der Waals surface area contributed by atoms with E-state index in [0.29, 0.717) is 5.13 Å². The quantitative estimate of drug-likeness (QED) is 0.797. The number of carboxylic acids is 1. The maximum absolute atomic E-state index is 11.2. The van der Waals surface area contributed by atoms with Crippen LogP contribution in [0.1, 0.15) is 23.5 Å². The number of amides is 1. The van der Waals surface area contributed by atoms with Crippen molar-refractivity contribution in [1.29, 1.82) is 0 Å². The lowest BCUT2D eigenvalue weighted by Gasteiger charge is -2.02. The molecule has 76 valence electrons. The second-order valence-corrected chi connectivity index (χ2v) is 4.01. The minimum atomic E-state index is -1.03. The van der Waals surface area contributed by atoms with Crippen molar-refractivity contribution in [2.75, 3.05) is 5.32 Å². The molecule has 0 fully saturated rings. The van der Waals surface area contributed by atoms with Gasteiger partial charge in [-0.2, -0.15) is 0 Å². The van der Waals surface area contributed by atoms with Crippen LogP contribution in [0, 0.1) is 5.92 Å². The lowest BCUT2D eigenvalue weighted by Crippen LogP contribution is -2.17. The van der Waals surface area contributed by atoms with E-state index < -0.39 is 5.97 Å². The first kappa shape index (κ1) is 10.6. The molecule has 1 rings (SSSR count). The van der Waals surface area contributed by atoms with Crippen LogP contribution in [0.2, 0.25) is 0 Å². The molecule has 0 aliphatic rings. The van der Waals surface area contributed by atoms with Crippen LogP contribution in [-0.2, 0) is 4.79 Å². The van der Waals surface area contributed by atoms with Crippen LogP contribution < -0.4 is 5.32 Å². The number of thiazole rings is 1. The van der Waals surface area contributed by atoms with E-state index in [1.807, 2.05) is 0 Å². The molecule has 5 nitrogen and oxygen atoms in total. The lowest BCUT2D eigenvalue weighted by atomic mass is 10.2. The number of nitrogens with zero attached hydrogens (tertiary/aromatic N) is 1. The molecule has 0 saturated heterocycles. The lowest BCUT2D eigenvalue weighted by molar-refractivity contribution is -0.118. The van der Waals surface area contributed by atoms with Gasteiger partial charge >= 0.3 is 5.97 Å². The number of hydrogen-bond acceptors (Lipinski definition) is 4. The van der Waals surface area contributed by atoms with Crippen LogP contribution in [0.15, 0.2) is 6.20 Å². The Bertz CT molecular complexity index is 359. The largest absolute Gasteiger partial charge is 0.477 e. The molecule has 1 amide bonds. The van der Waals surface area contributed by atoms with Gasteiger partial charge in [-0.3, -0.25) is 4.79 Å². The fraction of sp³-hybridized carbons (Fsp3) is 0.375. The number of rotatable bonds is 3. The summed E-state index contributed by atoms with van der Waals surface area (Å²) in [5, 5.41) is 11.4. The van der Waals surface area contributed by atoms with Gasteiger partial charge in [0.25, 0.3) is 0 Å². The average molecular weight is 214 g/mol. The summed E-state index contributed by atoms with van der Waals surface area (Å²) in [5.41, 5.74) is 0. The highest BCUT2D eigenvalue weighted by Gasteiger charge is 2.12. The van der Waals surface area contributed by atoms with E-state index in [2.05, 4.69) is 10.3 Å². The number of aromatic carboxylic acids is 1. The second kappa shape index (κ2) is 4.19. The highest BCUT2D eigenvalue weighted by Crippen LogP contribution is 2.18. The van der Waals surface area contributed by atoms with Crippen molar-refractivity contribution in [3.63, 3.8) is 0 Å². The first-order valence-electron chi connectivity index (χ1n) is 4.00. The van der Waals surface area contributed by atoms with Crippen molar-refractivity contribution in [2.24, 2.45) is 5.92 Å². The Labute approximate surface area is 84.8 Å². The van der Waals surface area contributed by atoms with Gasteiger partial charge in [-0.05, 0) is 0 Å². The number of hydrogen-bond donors (Lipinski definition) is 2. The molecule has 1 aromatic rings. The molecule has 0 unspecified atom stereocenters. The second-order valence-electron chi connectivity index (χ2n) is 2.98. The Hall–Kier alpha value is -1.43. The van der Waals surface area contributed by atoms with Crippen molar-refractivity contribution in [2.45, 2.75) is 13.8 Å². The summed E-state index contributed by atoms with van der Waals surface area (Å²) < 4.78 is 0. The van der Waals surface area contributed by atoms with Crippen molar-refractivity contribution in [1.82, 2.24) is 4.98 Å². The molecule has 0 aliphatic heterocycles. The molecule has 0 saturated carbocycles. The first-order chi connectivity index (χ1) is 6.50. The minimum absolute atomic E-state index is 0.115. The molecular weight excluding hydrogens is 204 g/mol. The number of carboxylic acid groups (broad SMARTS) is 1. The van der Waals surface area contributed by atoms with Gasteiger partial charge in [-0.15, -0.1) is 0 Å². The maximum atomic E-state index is 11.2. The van der Waals surface area contributed by atoms with Gasteiger partial charge in [-0.1, -0.05) is 25.2 Å². The van der Waals surface area contributed by atoms with Crippen molar-refractivity contribution in [3.05, 3.63) is 11.1 Å². The number of nitrogens with one attached hydrogen (secondary N) is 1. The van der Waals surface area contributed by atoms with Gasteiger partial charge < -0.3 is 10.4 Å². The van der Waals surface area contributed by atoms with Gasteiger partial charge in [-0.25, -0.2) is 9.78 Å². The smallest absolute Gasteiger partial charge is 0.347 e. The summed E-state index contributed by atoms with van der Waals surface area (Å²) in [6.45, 7) is 3.50. The molecule has 6 heteroatoms. The summed E-state index contributed by atoms with van der Waals surface area (Å²) in [5.74, 6) is -1.35. The van der Waals surface area contributed by atoms with Crippen LogP contribution in [0.3, 0.4) is 0 Å². The van der Waals surface area contributed by atoms with E-state index in [-0.39, 0.29) is 16.7 Å². The van der Waals surface area contributed by atoms with Gasteiger partial charge in [0.2, 0.25) is 5.91 Å². The predicted molar refractivity (Wildman–Crippen MR) is 52.5 cm³/mol. The van der Waals surface area contributed by atoms with Crippen LogP contribution in [0.25, 0.3) is 0 Å². The van der Waals surface area contributed by atoms with E-state index in [1.165, 1.54) is 6.20 Å². The molecule has 0 spiro atoms. The summed E-state index contributed by atoms with van der Waals surface area (Å²) in [6.07, 6.45) is 1.23. The Morgan fingerprint density at radius 3 is 2.64 bits per heavy atom. The summed E-state index contributed by atoms with van der Waals surface area (Å²) in [4.78, 5) is 25.6. The van der Waals surface area contributed by atoms with E-state index in [1.54, 1.807) is 13.8 Å². The zero-order valence-corrected chi connectivity index (χ0v) is 8.59. The monoisotopic (exact) mass is 214 g/mol. The SMILES string of the molecule is CC(C)C(=O)Nc1ncc(C(=O)O)s1. The molecular formula is C8H10N2O3S. The van der Waals surface area contributed by atoms with Crippen molar-refractivity contribution < 1.29 is 14.7 Å². The first-order valence-corrected chi connectivity index (χ1v) is 4.82. The van der Waals surface area contributed by atoms with Crippen LogP contribution in [0.4, 0.5) is 5.13 Å². The molecule has 0 aliphatic carbocycles. The topological polar surface area (TPSA) is 79.3 Å². The van der Waals surface area contributed by atoms with Gasteiger partial charge in [0.05, 0.1) is 6.20 Å². The van der Waals surface area contributed by atoms with Crippen molar-refractivity contribution >= 4 is 28.3 Å². The summed E-state index contributed by atoms with van der Waals surface area (Å²) >= 11 is 0.944. The number of aromatic nitrogens is 1. The van der Waals surface area contributed by atoms with Crippen LogP contribution in [0.5, 0.6) is 0 Å². The standard InChI is InChI=1S/C8H10N2O3S/c1-4(2)6(11)10-8-9-3-5(14-8)7(12)13/h3-4H,1-2H3,(H,12,13)(H,9,10,11). The van der Waals surface area contributed by atoms with E-state index >= 15 is 0 Å². The van der Waals surface area contributed by atoms with Gasteiger partial charge in [0.15, 0.2) is 5.13 Å². The summed E-state index contributed by atoms with van der Waals surface area (Å²) in [7, 11) is 0. The average Bonchev–Trinajstić information content (AvgIpc) is 2.52. The van der Waals surface area contributed by atoms with Gasteiger partial charge in [0, 0.05) is 5.92 Å². The zero-order chi connectivity index (χ0) is 10.7. The highest BCUT2D eigenvalue weighted by molar-refractivity contribution is 7.17. The zero-order valence-electron chi connectivity index (χ0n) is 7.77. The number of carbonyl (C=O) groups excluding carboxylic acids is 1. The van der Waals surface area contributed by atoms with Gasteiger partial charge in [0.1, 0.15) is 4.88 Å². The van der Waals surface area contributed by atoms with E-state index in [9.17, 15) is 9.59 Å². The molecule has 1 aromatic heterocycles. The molecule has 2 N–H and O–H groups in total. The minimum Gasteiger partial charge on any atom is -0.477 e. The summed E-state index contributed by atoms with van der Waals surface area (Å²) in [6, 6.07) is 0. The van der Waals surface area contributed by atoms with E-state index in [4.69, 9.17) is 5.11 Å². The molecule has 14 heavy (non-hydrogen) atoms. The Morgan fingerprint density at radius 1 is 1.57 bits per heavy atom. The third-order valence-electron chi connectivity index (χ3n) is 1.47. The third-order valence-corrected chi connectivity index (χ3v) is 2.37. The Kier molecular flexibility index (Phi) is 3.19. The fourth-order valence-corrected chi connectivity index (χ4v) is 1.34. The number of anilines is 1. The molecule has 0 atom stereocenters. The third kappa shape index (κ3) is 2.53. The van der Waals surface area contributed by atoms with Crippen LogP contribution in [-0.4, -0.2) is 22.0 Å². The molecule has 0 bridgehead atoms. The Morgan fingerprint density at radius 2 is 2.21 bits per heavy atom.